The summed E-state index contributed by atoms with van der Waals surface area (Å²) in [5.74, 6) is 5.79. The highest BCUT2D eigenvalue weighted by atomic mass is 16.6. The van der Waals surface area contributed by atoms with E-state index in [1.165, 1.54) is 0 Å². The average Bonchev–Trinajstić information content (AvgIpc) is 2.78. The van der Waals surface area contributed by atoms with Crippen LogP contribution in [-0.2, 0) is 9.47 Å². The maximum atomic E-state index is 5.86. The monoisotopic (exact) mass is 192 g/mol. The molecule has 3 atom stereocenters. The molecule has 2 nitrogen and oxygen atoms in total. The Morgan fingerprint density at radius 2 is 2.43 bits per heavy atom. The molecule has 2 rings (SSSR count). The first-order valence-corrected chi connectivity index (χ1v) is 5.18. The van der Waals surface area contributed by atoms with Crippen LogP contribution >= 0.6 is 0 Å². The summed E-state index contributed by atoms with van der Waals surface area (Å²) in [6, 6.07) is 0. The standard InChI is InChI=1S/C12H16O2/c1-3-5-8-13-12(4-2)9-10-6-7-11(12)14-10/h6-7,10-11H,4,8-9H2,1-2H3/t10-,11+,12+/m1/s1. The van der Waals surface area contributed by atoms with Crippen molar-refractivity contribution < 1.29 is 9.47 Å². The summed E-state index contributed by atoms with van der Waals surface area (Å²) in [4.78, 5) is 0. The highest BCUT2D eigenvalue weighted by Crippen LogP contribution is 2.41. The van der Waals surface area contributed by atoms with E-state index in [0.717, 1.165) is 12.8 Å². The van der Waals surface area contributed by atoms with Crippen molar-refractivity contribution in [2.45, 2.75) is 44.5 Å². The zero-order chi connectivity index (χ0) is 10.0. The number of hydrogen-bond donors (Lipinski definition) is 0. The van der Waals surface area contributed by atoms with Gasteiger partial charge in [0.25, 0.3) is 0 Å². The number of rotatable bonds is 3. The van der Waals surface area contributed by atoms with Gasteiger partial charge in [0.05, 0.1) is 6.10 Å². The molecule has 2 aliphatic rings. The summed E-state index contributed by atoms with van der Waals surface area (Å²) in [5.41, 5.74) is -0.108. The lowest BCUT2D eigenvalue weighted by Crippen LogP contribution is -2.40. The van der Waals surface area contributed by atoms with Gasteiger partial charge < -0.3 is 9.47 Å². The van der Waals surface area contributed by atoms with Gasteiger partial charge in [0, 0.05) is 6.42 Å². The van der Waals surface area contributed by atoms with Gasteiger partial charge in [-0.15, -0.1) is 5.92 Å². The zero-order valence-corrected chi connectivity index (χ0v) is 8.75. The minimum atomic E-state index is -0.108. The van der Waals surface area contributed by atoms with Crippen molar-refractivity contribution in [3.63, 3.8) is 0 Å². The van der Waals surface area contributed by atoms with Crippen molar-refractivity contribution in [3.8, 4) is 11.8 Å². The fourth-order valence-electron chi connectivity index (χ4n) is 2.22. The van der Waals surface area contributed by atoms with Crippen LogP contribution in [0, 0.1) is 11.8 Å². The lowest BCUT2D eigenvalue weighted by Gasteiger charge is -2.31. The van der Waals surface area contributed by atoms with Crippen molar-refractivity contribution >= 4 is 0 Å². The van der Waals surface area contributed by atoms with E-state index >= 15 is 0 Å². The van der Waals surface area contributed by atoms with Gasteiger partial charge in [0.1, 0.15) is 18.3 Å². The molecule has 76 valence electrons. The van der Waals surface area contributed by atoms with Gasteiger partial charge in [0.15, 0.2) is 0 Å². The zero-order valence-electron chi connectivity index (χ0n) is 8.75. The summed E-state index contributed by atoms with van der Waals surface area (Å²) < 4.78 is 11.6. The third-order valence-corrected chi connectivity index (χ3v) is 3.09. The number of hydrogen-bond acceptors (Lipinski definition) is 2. The van der Waals surface area contributed by atoms with Gasteiger partial charge in [-0.1, -0.05) is 25.0 Å². The summed E-state index contributed by atoms with van der Waals surface area (Å²) >= 11 is 0. The van der Waals surface area contributed by atoms with Crippen LogP contribution < -0.4 is 0 Å². The molecular weight excluding hydrogens is 176 g/mol. The lowest BCUT2D eigenvalue weighted by molar-refractivity contribution is -0.0628. The molecular formula is C12H16O2. The van der Waals surface area contributed by atoms with Crippen molar-refractivity contribution in [3.05, 3.63) is 12.2 Å². The topological polar surface area (TPSA) is 18.5 Å². The van der Waals surface area contributed by atoms with Gasteiger partial charge in [-0.3, -0.25) is 0 Å². The van der Waals surface area contributed by atoms with Crippen molar-refractivity contribution in [1.82, 2.24) is 0 Å². The molecule has 1 saturated heterocycles. The molecule has 0 amide bonds. The maximum absolute atomic E-state index is 5.86. The molecule has 14 heavy (non-hydrogen) atoms. The van der Waals surface area contributed by atoms with Crippen LogP contribution in [0.4, 0.5) is 0 Å². The Morgan fingerprint density at radius 1 is 1.57 bits per heavy atom. The second-order valence-corrected chi connectivity index (χ2v) is 3.82. The minimum Gasteiger partial charge on any atom is -0.364 e. The van der Waals surface area contributed by atoms with Gasteiger partial charge in [-0.25, -0.2) is 0 Å². The molecule has 0 unspecified atom stereocenters. The summed E-state index contributed by atoms with van der Waals surface area (Å²) in [6.45, 7) is 4.50. The Morgan fingerprint density at radius 3 is 2.93 bits per heavy atom. The van der Waals surface area contributed by atoms with Crippen LogP contribution in [-0.4, -0.2) is 24.4 Å². The molecule has 2 aliphatic heterocycles. The molecule has 0 N–H and O–H groups in total. The molecule has 1 fully saturated rings. The fourth-order valence-corrected chi connectivity index (χ4v) is 2.22. The van der Waals surface area contributed by atoms with E-state index in [2.05, 4.69) is 30.9 Å². The Kier molecular flexibility index (Phi) is 2.62. The average molecular weight is 192 g/mol. The van der Waals surface area contributed by atoms with E-state index in [1.807, 2.05) is 6.92 Å². The second-order valence-electron chi connectivity index (χ2n) is 3.82. The van der Waals surface area contributed by atoms with E-state index in [9.17, 15) is 0 Å². The van der Waals surface area contributed by atoms with Crippen LogP contribution in [0.5, 0.6) is 0 Å². The highest BCUT2D eigenvalue weighted by Gasteiger charge is 2.49. The first-order chi connectivity index (χ1) is 6.80. The first-order valence-electron chi connectivity index (χ1n) is 5.18. The molecule has 2 bridgehead atoms. The van der Waals surface area contributed by atoms with E-state index in [-0.39, 0.29) is 17.8 Å². The third-order valence-electron chi connectivity index (χ3n) is 3.09. The predicted octanol–water partition coefficient (Wildman–Crippen LogP) is 1.90. The summed E-state index contributed by atoms with van der Waals surface area (Å²) in [6.07, 6.45) is 6.65. The molecule has 0 aromatic heterocycles. The fraction of sp³-hybridized carbons (Fsp3) is 0.667. The van der Waals surface area contributed by atoms with Crippen LogP contribution in [0.25, 0.3) is 0 Å². The van der Waals surface area contributed by atoms with E-state index in [0.29, 0.717) is 6.61 Å². The van der Waals surface area contributed by atoms with Crippen LogP contribution in [0.15, 0.2) is 12.2 Å². The van der Waals surface area contributed by atoms with Crippen LogP contribution in [0.1, 0.15) is 26.7 Å². The lowest BCUT2D eigenvalue weighted by atomic mass is 9.86. The second kappa shape index (κ2) is 3.76. The Labute approximate surface area is 85.3 Å². The van der Waals surface area contributed by atoms with Crippen LogP contribution in [0.3, 0.4) is 0 Å². The quantitative estimate of drug-likeness (QED) is 0.502. The molecule has 0 spiro atoms. The number of fused-ring (bicyclic) bond motifs is 2. The normalized spacial score (nSPS) is 38.4. The van der Waals surface area contributed by atoms with Crippen molar-refractivity contribution in [2.24, 2.45) is 0 Å². The van der Waals surface area contributed by atoms with Crippen LogP contribution in [0.2, 0.25) is 0 Å². The van der Waals surface area contributed by atoms with E-state index < -0.39 is 0 Å². The van der Waals surface area contributed by atoms with E-state index in [1.54, 1.807) is 0 Å². The highest BCUT2D eigenvalue weighted by molar-refractivity contribution is 5.18. The van der Waals surface area contributed by atoms with Gasteiger partial charge in [-0.2, -0.15) is 0 Å². The summed E-state index contributed by atoms with van der Waals surface area (Å²) in [5, 5.41) is 0. The Hall–Kier alpha value is -0.780. The Bertz CT molecular complexity index is 297. The largest absolute Gasteiger partial charge is 0.364 e. The maximum Gasteiger partial charge on any atom is 0.108 e. The third kappa shape index (κ3) is 1.47. The molecule has 2 heterocycles. The molecule has 0 aliphatic carbocycles. The molecule has 0 saturated carbocycles. The number of ether oxygens (including phenoxy) is 2. The Balaban J connectivity index is 2.03. The first kappa shape index (κ1) is 9.76. The molecule has 0 radical (unpaired) electrons. The summed E-state index contributed by atoms with van der Waals surface area (Å²) in [7, 11) is 0. The van der Waals surface area contributed by atoms with Gasteiger partial charge >= 0.3 is 0 Å². The molecule has 0 aromatic carbocycles. The minimum absolute atomic E-state index is 0.108. The van der Waals surface area contributed by atoms with Gasteiger partial charge in [-0.05, 0) is 13.3 Å². The predicted molar refractivity (Wildman–Crippen MR) is 54.8 cm³/mol. The smallest absolute Gasteiger partial charge is 0.108 e. The van der Waals surface area contributed by atoms with E-state index in [4.69, 9.17) is 9.47 Å². The SMILES string of the molecule is CC#CCO[C@@]1(CC)C[C@H]2C=C[C@@H]1O2. The molecule has 2 heteroatoms. The van der Waals surface area contributed by atoms with Gasteiger partial charge in [0.2, 0.25) is 0 Å². The van der Waals surface area contributed by atoms with Crippen molar-refractivity contribution in [1.29, 1.82) is 0 Å². The van der Waals surface area contributed by atoms with Crippen molar-refractivity contribution in [2.75, 3.05) is 6.61 Å². The molecule has 0 aromatic rings.